The number of hydrogen-bond donors (Lipinski definition) is 3. The van der Waals surface area contributed by atoms with Gasteiger partial charge < -0.3 is 15.2 Å². The van der Waals surface area contributed by atoms with Gasteiger partial charge in [-0.05, 0) is 60.8 Å². The fraction of sp³-hybridized carbons (Fsp3) is 0.400. The number of fused-ring (bicyclic) bond motifs is 2. The van der Waals surface area contributed by atoms with Crippen LogP contribution < -0.4 is 16.2 Å². The maximum absolute atomic E-state index is 13.2. The Kier molecular flexibility index (Phi) is 4.20. The lowest BCUT2D eigenvalue weighted by molar-refractivity contribution is 0.187. The van der Waals surface area contributed by atoms with Crippen molar-refractivity contribution in [3.63, 3.8) is 0 Å². The van der Waals surface area contributed by atoms with E-state index >= 15 is 0 Å². The van der Waals surface area contributed by atoms with E-state index in [9.17, 15) is 9.35 Å². The van der Waals surface area contributed by atoms with Crippen molar-refractivity contribution in [2.75, 3.05) is 18.0 Å². The third-order valence-corrected chi connectivity index (χ3v) is 9.77. The molecule has 4 N–H and O–H groups in total. The Hall–Kier alpha value is -3.01. The number of nitrogens with two attached hydrogens (primary N) is 1. The van der Waals surface area contributed by atoms with E-state index in [0.29, 0.717) is 22.7 Å². The van der Waals surface area contributed by atoms with Crippen LogP contribution in [-0.4, -0.2) is 37.8 Å². The number of nitrogens with one attached hydrogen (secondary N) is 2. The maximum Gasteiger partial charge on any atom is 0.263 e. The zero-order valence-electron chi connectivity index (χ0n) is 18.7. The summed E-state index contributed by atoms with van der Waals surface area (Å²) in [6.07, 6.45) is 4.59. The molecule has 34 heavy (non-hydrogen) atoms. The molecule has 0 bridgehead atoms. The average Bonchev–Trinajstić information content (AvgIpc) is 3.18. The first-order valence-electron chi connectivity index (χ1n) is 11.9. The van der Waals surface area contributed by atoms with Crippen molar-refractivity contribution in [2.24, 2.45) is 11.1 Å². The SMILES string of the molecule is N[C@@H]1c2ccccc2CC12CCN(c1nc3[nH]nc(C4(c5ccc[s+]5[O-])CC4)c3c(=O)[nH]1)CC2. The first kappa shape index (κ1) is 20.4. The number of aromatic nitrogens is 4. The van der Waals surface area contributed by atoms with Crippen molar-refractivity contribution in [3.05, 3.63) is 73.8 Å². The number of benzene rings is 1. The van der Waals surface area contributed by atoms with Crippen molar-refractivity contribution < 1.29 is 4.55 Å². The molecule has 4 heterocycles. The number of H-pyrrole nitrogens is 2. The fourth-order valence-corrected chi connectivity index (χ4v) is 7.57. The van der Waals surface area contributed by atoms with Gasteiger partial charge in [0.1, 0.15) is 10.8 Å². The summed E-state index contributed by atoms with van der Waals surface area (Å²) in [5.41, 5.74) is 9.96. The highest BCUT2D eigenvalue weighted by molar-refractivity contribution is 7.23. The van der Waals surface area contributed by atoms with Gasteiger partial charge in [0.15, 0.2) is 10.5 Å². The zero-order chi connectivity index (χ0) is 23.1. The molecule has 4 aromatic rings. The minimum atomic E-state index is -1.16. The molecule has 1 unspecified atom stereocenters. The predicted octanol–water partition coefficient (Wildman–Crippen LogP) is 3.30. The normalized spacial score (nSPS) is 22.9. The summed E-state index contributed by atoms with van der Waals surface area (Å²) in [5.74, 6) is 0.571. The molecule has 3 aromatic heterocycles. The Bertz CT molecular complexity index is 1470. The predicted molar refractivity (Wildman–Crippen MR) is 131 cm³/mol. The first-order chi connectivity index (χ1) is 16.5. The molecule has 1 aromatic carbocycles. The van der Waals surface area contributed by atoms with Crippen LogP contribution in [-0.2, 0) is 11.8 Å². The number of rotatable bonds is 3. The molecule has 7 rings (SSSR count). The largest absolute Gasteiger partial charge is 0.590 e. The van der Waals surface area contributed by atoms with Crippen LogP contribution >= 0.6 is 10.8 Å². The monoisotopic (exact) mass is 474 g/mol. The number of piperidine rings is 1. The van der Waals surface area contributed by atoms with Crippen LogP contribution in [0, 0.1) is 5.41 Å². The smallest absolute Gasteiger partial charge is 0.263 e. The first-order valence-corrected chi connectivity index (χ1v) is 13.1. The molecule has 1 saturated carbocycles. The third kappa shape index (κ3) is 2.74. The number of thiophene rings is 1. The summed E-state index contributed by atoms with van der Waals surface area (Å²) in [6.45, 7) is 1.58. The minimum Gasteiger partial charge on any atom is -0.590 e. The lowest BCUT2D eigenvalue weighted by atomic mass is 9.73. The second-order valence-electron chi connectivity index (χ2n) is 10.1. The van der Waals surface area contributed by atoms with Crippen LogP contribution in [0.3, 0.4) is 0 Å². The Morgan fingerprint density at radius 1 is 1.12 bits per heavy atom. The van der Waals surface area contributed by atoms with E-state index in [1.807, 2.05) is 12.1 Å². The summed E-state index contributed by atoms with van der Waals surface area (Å²) < 4.78 is 12.4. The van der Waals surface area contributed by atoms with Crippen LogP contribution in [0.2, 0.25) is 0 Å². The van der Waals surface area contributed by atoms with Crippen molar-refractivity contribution in [3.8, 4) is 0 Å². The molecule has 2 fully saturated rings. The fourth-order valence-electron chi connectivity index (χ4n) is 6.31. The zero-order valence-corrected chi connectivity index (χ0v) is 19.5. The standard InChI is InChI=1S/C25H26N6O2S/c26-19-16-5-2-1-4-15(16)14-24(19)9-11-31(12-10-24)23-27-21-18(22(32)28-23)20(29-30-21)25(7-8-25)17-6-3-13-34(17)33/h1-6,13,19H,7-12,14,26H2,(H2,27,28,29,30,32)/t19-,34?/m1/s1. The molecule has 1 saturated heterocycles. The molecule has 9 heteroatoms. The Labute approximate surface area is 199 Å². The minimum absolute atomic E-state index is 0.0511. The molecule has 8 nitrogen and oxygen atoms in total. The molecule has 1 aliphatic heterocycles. The lowest BCUT2D eigenvalue weighted by Gasteiger charge is -2.42. The van der Waals surface area contributed by atoms with Gasteiger partial charge in [-0.2, -0.15) is 10.1 Å². The van der Waals surface area contributed by atoms with Gasteiger partial charge in [0.05, 0.1) is 11.1 Å². The Morgan fingerprint density at radius 3 is 2.62 bits per heavy atom. The molecule has 3 aliphatic rings. The van der Waals surface area contributed by atoms with Gasteiger partial charge in [-0.1, -0.05) is 35.0 Å². The second kappa shape index (κ2) is 7.00. The number of nitrogens with zero attached hydrogens (tertiary/aromatic N) is 3. The maximum atomic E-state index is 13.2. The van der Waals surface area contributed by atoms with Gasteiger partial charge in [0, 0.05) is 19.1 Å². The topological polar surface area (TPSA) is 127 Å². The van der Waals surface area contributed by atoms with Gasteiger partial charge in [0.25, 0.3) is 5.56 Å². The van der Waals surface area contributed by atoms with Gasteiger partial charge >= 0.3 is 0 Å². The highest BCUT2D eigenvalue weighted by Crippen LogP contribution is 2.57. The van der Waals surface area contributed by atoms with Crippen molar-refractivity contribution in [2.45, 2.75) is 43.6 Å². The summed E-state index contributed by atoms with van der Waals surface area (Å²) in [6, 6.07) is 12.3. The molecule has 2 atom stereocenters. The van der Waals surface area contributed by atoms with Crippen LogP contribution in [0.5, 0.6) is 0 Å². The van der Waals surface area contributed by atoms with Crippen molar-refractivity contribution in [1.82, 2.24) is 20.2 Å². The molecule has 0 amide bonds. The third-order valence-electron chi connectivity index (χ3n) is 8.41. The average molecular weight is 475 g/mol. The van der Waals surface area contributed by atoms with E-state index in [1.54, 1.807) is 5.38 Å². The van der Waals surface area contributed by atoms with Crippen LogP contribution in [0.25, 0.3) is 11.0 Å². The van der Waals surface area contributed by atoms with E-state index in [1.165, 1.54) is 11.1 Å². The van der Waals surface area contributed by atoms with Crippen LogP contribution in [0.4, 0.5) is 5.95 Å². The quantitative estimate of drug-likeness (QED) is 0.391. The molecular formula is C25H26N6O2S. The lowest BCUT2D eigenvalue weighted by Crippen LogP contribution is -2.45. The number of aromatic amines is 2. The van der Waals surface area contributed by atoms with Gasteiger partial charge in [0.2, 0.25) is 5.95 Å². The van der Waals surface area contributed by atoms with E-state index in [-0.39, 0.29) is 17.0 Å². The van der Waals surface area contributed by atoms with Gasteiger partial charge in [-0.25, -0.2) is 0 Å². The van der Waals surface area contributed by atoms with Crippen LogP contribution in [0.15, 0.2) is 46.6 Å². The summed E-state index contributed by atoms with van der Waals surface area (Å²) in [5, 5.41) is 9.65. The van der Waals surface area contributed by atoms with Gasteiger partial charge in [-0.15, -0.1) is 0 Å². The molecule has 174 valence electrons. The van der Waals surface area contributed by atoms with Crippen molar-refractivity contribution in [1.29, 1.82) is 0 Å². The number of anilines is 1. The second-order valence-corrected chi connectivity index (χ2v) is 11.4. The van der Waals surface area contributed by atoms with Gasteiger partial charge in [-0.3, -0.25) is 14.9 Å². The number of hydrogen-bond acceptors (Lipinski definition) is 6. The highest BCUT2D eigenvalue weighted by Gasteiger charge is 2.54. The Balaban J connectivity index is 1.18. The summed E-state index contributed by atoms with van der Waals surface area (Å²) in [4.78, 5) is 24.0. The van der Waals surface area contributed by atoms with E-state index in [2.05, 4.69) is 44.3 Å². The Morgan fingerprint density at radius 2 is 1.91 bits per heavy atom. The highest BCUT2D eigenvalue weighted by atomic mass is 32.2. The van der Waals surface area contributed by atoms with E-state index in [4.69, 9.17) is 10.7 Å². The van der Waals surface area contributed by atoms with E-state index in [0.717, 1.165) is 50.1 Å². The molecule has 2 aliphatic carbocycles. The summed E-state index contributed by atoms with van der Waals surface area (Å²) in [7, 11) is -1.16. The molecular weight excluding hydrogens is 448 g/mol. The molecule has 0 radical (unpaired) electrons. The molecule has 1 spiro atoms. The summed E-state index contributed by atoms with van der Waals surface area (Å²) >= 11 is 0. The van der Waals surface area contributed by atoms with E-state index < -0.39 is 16.2 Å². The van der Waals surface area contributed by atoms with Crippen molar-refractivity contribution >= 4 is 27.7 Å². The van der Waals surface area contributed by atoms with Crippen LogP contribution in [0.1, 0.15) is 53.4 Å².